The van der Waals surface area contributed by atoms with Gasteiger partial charge in [0, 0.05) is 31.4 Å². The van der Waals surface area contributed by atoms with Gasteiger partial charge in [0.05, 0.1) is 19.3 Å². The molecule has 0 spiro atoms. The van der Waals surface area contributed by atoms with E-state index in [0.717, 1.165) is 31.9 Å². The van der Waals surface area contributed by atoms with Crippen LogP contribution in [0.25, 0.3) is 6.08 Å². The smallest absolute Gasteiger partial charge is 0.244 e. The Hall–Kier alpha value is -1.85. The molecular weight excluding hydrogens is 304 g/mol. The first-order valence-corrected chi connectivity index (χ1v) is 8.43. The molecule has 1 aliphatic rings. The van der Waals surface area contributed by atoms with Crippen LogP contribution < -0.4 is 10.2 Å². The van der Waals surface area contributed by atoms with E-state index >= 15 is 0 Å². The summed E-state index contributed by atoms with van der Waals surface area (Å²) in [6.07, 6.45) is 2.71. The van der Waals surface area contributed by atoms with Crippen LogP contribution in [0.3, 0.4) is 0 Å². The van der Waals surface area contributed by atoms with Crippen molar-refractivity contribution in [2.24, 2.45) is 5.41 Å². The maximum absolute atomic E-state index is 11.8. The first-order valence-electron chi connectivity index (χ1n) is 8.43. The average Bonchev–Trinajstić information content (AvgIpc) is 2.58. The second kappa shape index (κ2) is 8.31. The van der Waals surface area contributed by atoms with Gasteiger partial charge < -0.3 is 20.1 Å². The zero-order valence-corrected chi connectivity index (χ0v) is 14.8. The SMILES string of the molecule is CC(C)(C)C(O)CNC(=O)/C=C/c1ccc(N2CCOCC2)cc1. The summed E-state index contributed by atoms with van der Waals surface area (Å²) in [7, 11) is 0. The number of carbonyl (C=O) groups excluding carboxylic acids is 1. The molecule has 2 rings (SSSR count). The van der Waals surface area contributed by atoms with Crippen molar-refractivity contribution in [3.05, 3.63) is 35.9 Å². The quantitative estimate of drug-likeness (QED) is 0.810. The Kier molecular flexibility index (Phi) is 6.40. The molecule has 132 valence electrons. The topological polar surface area (TPSA) is 61.8 Å². The molecule has 1 aromatic carbocycles. The Labute approximate surface area is 144 Å². The van der Waals surface area contributed by atoms with Crippen molar-refractivity contribution in [1.29, 1.82) is 0 Å². The number of aliphatic hydroxyl groups is 1. The molecule has 0 saturated carbocycles. The first kappa shape index (κ1) is 18.5. The largest absolute Gasteiger partial charge is 0.391 e. The standard InChI is InChI=1S/C19H28N2O3/c1-19(2,3)17(22)14-20-18(23)9-6-15-4-7-16(8-5-15)21-10-12-24-13-11-21/h4-9,17,22H,10-14H2,1-3H3,(H,20,23)/b9-6+. The van der Waals surface area contributed by atoms with Gasteiger partial charge in [-0.3, -0.25) is 4.79 Å². The van der Waals surface area contributed by atoms with Gasteiger partial charge in [-0.15, -0.1) is 0 Å². The number of amides is 1. The van der Waals surface area contributed by atoms with E-state index in [-0.39, 0.29) is 17.9 Å². The highest BCUT2D eigenvalue weighted by Crippen LogP contribution is 2.18. The summed E-state index contributed by atoms with van der Waals surface area (Å²) in [4.78, 5) is 14.1. The highest BCUT2D eigenvalue weighted by molar-refractivity contribution is 5.91. The number of aliphatic hydroxyl groups excluding tert-OH is 1. The summed E-state index contributed by atoms with van der Waals surface area (Å²) < 4.78 is 5.36. The Balaban J connectivity index is 1.84. The zero-order valence-electron chi connectivity index (χ0n) is 14.8. The monoisotopic (exact) mass is 332 g/mol. The van der Waals surface area contributed by atoms with Gasteiger partial charge in [-0.05, 0) is 29.2 Å². The van der Waals surface area contributed by atoms with Crippen molar-refractivity contribution in [3.63, 3.8) is 0 Å². The first-order chi connectivity index (χ1) is 11.4. The highest BCUT2D eigenvalue weighted by atomic mass is 16.5. The van der Waals surface area contributed by atoms with Crippen LogP contribution in [-0.4, -0.2) is 50.0 Å². The molecule has 5 nitrogen and oxygen atoms in total. The normalized spacial score (nSPS) is 17.1. The molecule has 2 N–H and O–H groups in total. The number of morpholine rings is 1. The van der Waals surface area contributed by atoms with Crippen molar-refractivity contribution in [3.8, 4) is 0 Å². The molecule has 0 bridgehead atoms. The van der Waals surface area contributed by atoms with Crippen LogP contribution in [0.15, 0.2) is 30.3 Å². The summed E-state index contributed by atoms with van der Waals surface area (Å²) in [5.41, 5.74) is 1.90. The lowest BCUT2D eigenvalue weighted by molar-refractivity contribution is -0.117. The summed E-state index contributed by atoms with van der Waals surface area (Å²) in [6.45, 7) is 9.43. The van der Waals surface area contributed by atoms with E-state index in [1.807, 2.05) is 32.9 Å². The minimum atomic E-state index is -0.567. The Morgan fingerprint density at radius 2 is 1.92 bits per heavy atom. The van der Waals surface area contributed by atoms with E-state index in [4.69, 9.17) is 4.74 Å². The second-order valence-electron chi connectivity index (χ2n) is 7.15. The van der Waals surface area contributed by atoms with Gasteiger partial charge in [0.25, 0.3) is 0 Å². The summed E-state index contributed by atoms with van der Waals surface area (Å²) in [5.74, 6) is -0.199. The molecule has 1 aliphatic heterocycles. The third kappa shape index (κ3) is 5.65. The fourth-order valence-electron chi connectivity index (χ4n) is 2.35. The van der Waals surface area contributed by atoms with Crippen LogP contribution >= 0.6 is 0 Å². The number of benzene rings is 1. The number of nitrogens with one attached hydrogen (secondary N) is 1. The molecule has 5 heteroatoms. The summed E-state index contributed by atoms with van der Waals surface area (Å²) in [6, 6.07) is 8.12. The van der Waals surface area contributed by atoms with Crippen LogP contribution in [0.4, 0.5) is 5.69 Å². The maximum atomic E-state index is 11.8. The summed E-state index contributed by atoms with van der Waals surface area (Å²) in [5, 5.41) is 12.6. The highest BCUT2D eigenvalue weighted by Gasteiger charge is 2.21. The molecule has 1 fully saturated rings. The Bertz CT molecular complexity index is 555. The van der Waals surface area contributed by atoms with E-state index in [9.17, 15) is 9.90 Å². The van der Waals surface area contributed by atoms with Gasteiger partial charge in [-0.2, -0.15) is 0 Å². The molecular formula is C19H28N2O3. The number of anilines is 1. The Morgan fingerprint density at radius 1 is 1.29 bits per heavy atom. The van der Waals surface area contributed by atoms with Crippen molar-refractivity contribution < 1.29 is 14.6 Å². The molecule has 0 aromatic heterocycles. The minimum absolute atomic E-state index is 0.199. The van der Waals surface area contributed by atoms with Crippen LogP contribution in [0.1, 0.15) is 26.3 Å². The van der Waals surface area contributed by atoms with E-state index in [2.05, 4.69) is 22.3 Å². The van der Waals surface area contributed by atoms with E-state index in [0.29, 0.717) is 0 Å². The number of carbonyl (C=O) groups is 1. The number of rotatable bonds is 5. The predicted octanol–water partition coefficient (Wildman–Crippen LogP) is 2.06. The predicted molar refractivity (Wildman–Crippen MR) is 97.0 cm³/mol. The summed E-state index contributed by atoms with van der Waals surface area (Å²) >= 11 is 0. The molecule has 1 atom stereocenters. The average molecular weight is 332 g/mol. The van der Waals surface area contributed by atoms with E-state index in [1.54, 1.807) is 6.08 Å². The second-order valence-corrected chi connectivity index (χ2v) is 7.15. The van der Waals surface area contributed by atoms with Gasteiger partial charge in [-0.1, -0.05) is 32.9 Å². The lowest BCUT2D eigenvalue weighted by atomic mass is 9.89. The lowest BCUT2D eigenvalue weighted by Crippen LogP contribution is -2.38. The van der Waals surface area contributed by atoms with Crippen LogP contribution in [0, 0.1) is 5.41 Å². The lowest BCUT2D eigenvalue weighted by Gasteiger charge is -2.28. The molecule has 1 aromatic rings. The van der Waals surface area contributed by atoms with Gasteiger partial charge in [0.15, 0.2) is 0 Å². The number of ether oxygens (including phenoxy) is 1. The third-order valence-corrected chi connectivity index (χ3v) is 4.17. The maximum Gasteiger partial charge on any atom is 0.244 e. The number of hydrogen-bond acceptors (Lipinski definition) is 4. The third-order valence-electron chi connectivity index (χ3n) is 4.17. The molecule has 0 aliphatic carbocycles. The number of hydrogen-bond donors (Lipinski definition) is 2. The van der Waals surface area contributed by atoms with Crippen molar-refractivity contribution in [2.45, 2.75) is 26.9 Å². The van der Waals surface area contributed by atoms with E-state index < -0.39 is 6.10 Å². The van der Waals surface area contributed by atoms with Crippen LogP contribution in [-0.2, 0) is 9.53 Å². The van der Waals surface area contributed by atoms with Gasteiger partial charge in [0.1, 0.15) is 0 Å². The molecule has 0 radical (unpaired) electrons. The zero-order chi connectivity index (χ0) is 17.6. The fraction of sp³-hybridized carbons (Fsp3) is 0.526. The molecule has 1 unspecified atom stereocenters. The number of nitrogens with zero attached hydrogens (tertiary/aromatic N) is 1. The molecule has 1 heterocycles. The van der Waals surface area contributed by atoms with Crippen molar-refractivity contribution >= 4 is 17.7 Å². The fourth-order valence-corrected chi connectivity index (χ4v) is 2.35. The van der Waals surface area contributed by atoms with Crippen molar-refractivity contribution in [1.82, 2.24) is 5.32 Å². The van der Waals surface area contributed by atoms with Crippen molar-refractivity contribution in [2.75, 3.05) is 37.7 Å². The molecule has 24 heavy (non-hydrogen) atoms. The minimum Gasteiger partial charge on any atom is -0.391 e. The van der Waals surface area contributed by atoms with Gasteiger partial charge >= 0.3 is 0 Å². The van der Waals surface area contributed by atoms with Crippen LogP contribution in [0.5, 0.6) is 0 Å². The molecule has 1 saturated heterocycles. The van der Waals surface area contributed by atoms with Gasteiger partial charge in [0.2, 0.25) is 5.91 Å². The van der Waals surface area contributed by atoms with Crippen LogP contribution in [0.2, 0.25) is 0 Å². The Morgan fingerprint density at radius 3 is 2.50 bits per heavy atom. The van der Waals surface area contributed by atoms with Gasteiger partial charge in [-0.25, -0.2) is 0 Å². The molecule has 1 amide bonds. The van der Waals surface area contributed by atoms with E-state index in [1.165, 1.54) is 11.8 Å².